The van der Waals surface area contributed by atoms with Gasteiger partial charge in [-0.05, 0) is 166 Å². The van der Waals surface area contributed by atoms with Crippen LogP contribution in [-0.4, -0.2) is 0 Å². The highest BCUT2D eigenvalue weighted by molar-refractivity contribution is 5.98. The molecule has 10 aromatic rings. The zero-order valence-corrected chi connectivity index (χ0v) is 40.3. The number of aryl methyl sites for hydroxylation is 6. The fraction of sp³-hybridized carbons (Fsp3) is 0.130. The monoisotopic (exact) mass is 882 g/mol. The Labute approximate surface area is 407 Å². The smallest absolute Gasteiger partial charge is 0.0619 e. The van der Waals surface area contributed by atoms with Crippen LogP contribution in [0.4, 0.5) is 0 Å². The fourth-order valence-electron chi connectivity index (χ4n) is 13.0. The van der Waals surface area contributed by atoms with Gasteiger partial charge in [0.2, 0.25) is 0 Å². The molecular formula is C69H54. The van der Waals surface area contributed by atoms with Gasteiger partial charge in [-0.15, -0.1) is 0 Å². The summed E-state index contributed by atoms with van der Waals surface area (Å²) in [7, 11) is 0. The van der Waals surface area contributed by atoms with Crippen LogP contribution in [0.25, 0.3) is 33.4 Å². The standard InChI is InChI=1S/C69H54/c1-43-15-27-49(28-16-43)67(50-29-17-44(2)18-30-50)61-13-9-7-11-55(61)57-39-65-59(41-63(57)67)60-42-64-58(40-66(60)69(65,53-35-23-47(5)24-36-53)54-37-25-48(6)26-38-54)56-12-8-10-14-62(56)68(64,51-31-19-45(3)20-32-51)52-33-21-46(4)22-34-52/h7-42H,1-6H3. The Morgan fingerprint density at radius 2 is 0.377 bits per heavy atom. The number of fused-ring (bicyclic) bond motifs is 9. The topological polar surface area (TPSA) is 0 Å². The highest BCUT2D eigenvalue weighted by Crippen LogP contribution is 2.65. The summed E-state index contributed by atoms with van der Waals surface area (Å²) >= 11 is 0. The summed E-state index contributed by atoms with van der Waals surface area (Å²) in [5.74, 6) is 0. The lowest BCUT2D eigenvalue weighted by Gasteiger charge is -2.36. The van der Waals surface area contributed by atoms with Crippen LogP contribution < -0.4 is 0 Å². The maximum absolute atomic E-state index is 2.64. The van der Waals surface area contributed by atoms with Crippen molar-refractivity contribution < 1.29 is 0 Å². The molecule has 0 heterocycles. The molecule has 330 valence electrons. The molecule has 0 aromatic heterocycles. The van der Waals surface area contributed by atoms with Gasteiger partial charge in [0, 0.05) is 0 Å². The first-order chi connectivity index (χ1) is 33.6. The minimum atomic E-state index is -0.627. The highest BCUT2D eigenvalue weighted by atomic mass is 14.5. The van der Waals surface area contributed by atoms with Crippen molar-refractivity contribution in [2.45, 2.75) is 57.8 Å². The van der Waals surface area contributed by atoms with E-state index in [9.17, 15) is 0 Å². The molecular weight excluding hydrogens is 829 g/mol. The van der Waals surface area contributed by atoms with Crippen molar-refractivity contribution in [3.8, 4) is 33.4 Å². The van der Waals surface area contributed by atoms with Gasteiger partial charge in [0.25, 0.3) is 0 Å². The van der Waals surface area contributed by atoms with Crippen LogP contribution in [0, 0.1) is 41.5 Å². The average molecular weight is 883 g/mol. The summed E-state index contributed by atoms with van der Waals surface area (Å²) < 4.78 is 0. The van der Waals surface area contributed by atoms with Gasteiger partial charge in [0.1, 0.15) is 0 Å². The van der Waals surface area contributed by atoms with E-state index in [2.05, 4.69) is 260 Å². The maximum atomic E-state index is 2.64. The van der Waals surface area contributed by atoms with Gasteiger partial charge in [-0.3, -0.25) is 0 Å². The van der Waals surface area contributed by atoms with E-state index in [4.69, 9.17) is 0 Å². The first-order valence-corrected chi connectivity index (χ1v) is 24.6. The molecule has 0 unspecified atom stereocenters. The quantitative estimate of drug-likeness (QED) is 0.156. The van der Waals surface area contributed by atoms with Gasteiger partial charge >= 0.3 is 0 Å². The molecule has 0 bridgehead atoms. The number of benzene rings is 10. The van der Waals surface area contributed by atoms with Gasteiger partial charge in [0.05, 0.1) is 16.2 Å². The molecule has 13 rings (SSSR count). The summed E-state index contributed by atoms with van der Waals surface area (Å²) in [5, 5.41) is 0. The van der Waals surface area contributed by atoms with Crippen molar-refractivity contribution in [3.63, 3.8) is 0 Å². The number of hydrogen-bond donors (Lipinski definition) is 0. The summed E-state index contributed by atoms with van der Waals surface area (Å²) in [6, 6.07) is 85.3. The van der Waals surface area contributed by atoms with Crippen LogP contribution in [-0.2, 0) is 16.2 Å². The predicted octanol–water partition coefficient (Wildman–Crippen LogP) is 16.6. The average Bonchev–Trinajstić information content (AvgIpc) is 3.94. The van der Waals surface area contributed by atoms with Crippen LogP contribution in [0.3, 0.4) is 0 Å². The highest BCUT2D eigenvalue weighted by Gasteiger charge is 2.54. The molecule has 0 fully saturated rings. The Morgan fingerprint density at radius 3 is 0.609 bits per heavy atom. The molecule has 69 heavy (non-hydrogen) atoms. The van der Waals surface area contributed by atoms with E-state index in [-0.39, 0.29) is 0 Å². The molecule has 10 aromatic carbocycles. The van der Waals surface area contributed by atoms with E-state index in [0.717, 1.165) is 0 Å². The minimum absolute atomic E-state index is 0.554. The van der Waals surface area contributed by atoms with E-state index in [1.165, 1.54) is 134 Å². The molecule has 0 spiro atoms. The van der Waals surface area contributed by atoms with Crippen molar-refractivity contribution in [1.29, 1.82) is 0 Å². The third kappa shape index (κ3) is 5.64. The summed E-state index contributed by atoms with van der Waals surface area (Å²) in [6.07, 6.45) is 0. The molecule has 0 radical (unpaired) electrons. The summed E-state index contributed by atoms with van der Waals surface area (Å²) in [6.45, 7) is 13.2. The van der Waals surface area contributed by atoms with Gasteiger partial charge in [0.15, 0.2) is 0 Å². The van der Waals surface area contributed by atoms with Crippen molar-refractivity contribution in [3.05, 3.63) is 319 Å². The van der Waals surface area contributed by atoms with E-state index in [1.807, 2.05) is 0 Å². The van der Waals surface area contributed by atoms with Crippen LogP contribution in [0.5, 0.6) is 0 Å². The molecule has 0 heteroatoms. The minimum Gasteiger partial charge on any atom is -0.0619 e. The number of rotatable bonds is 6. The first kappa shape index (κ1) is 41.4. The third-order valence-electron chi connectivity index (χ3n) is 16.4. The van der Waals surface area contributed by atoms with E-state index in [1.54, 1.807) is 0 Å². The third-order valence-corrected chi connectivity index (χ3v) is 16.4. The van der Waals surface area contributed by atoms with Gasteiger partial charge in [-0.2, -0.15) is 0 Å². The Kier molecular flexibility index (Phi) is 9.06. The van der Waals surface area contributed by atoms with Gasteiger partial charge < -0.3 is 0 Å². The first-order valence-electron chi connectivity index (χ1n) is 24.6. The van der Waals surface area contributed by atoms with Crippen LogP contribution in [0.15, 0.2) is 218 Å². The lowest BCUT2D eigenvalue weighted by Crippen LogP contribution is -2.30. The second-order valence-corrected chi connectivity index (χ2v) is 20.4. The molecule has 0 aliphatic heterocycles. The largest absolute Gasteiger partial charge is 0.0714 e. The Balaban J connectivity index is 1.22. The van der Waals surface area contributed by atoms with Crippen molar-refractivity contribution >= 4 is 0 Å². The second kappa shape index (κ2) is 15.1. The normalized spacial score (nSPS) is 14.9. The lowest BCUT2D eigenvalue weighted by atomic mass is 9.65. The molecule has 0 saturated heterocycles. The predicted molar refractivity (Wildman–Crippen MR) is 287 cm³/mol. The zero-order valence-electron chi connectivity index (χ0n) is 40.3. The van der Waals surface area contributed by atoms with Crippen molar-refractivity contribution in [1.82, 2.24) is 0 Å². The van der Waals surface area contributed by atoms with E-state index >= 15 is 0 Å². The van der Waals surface area contributed by atoms with Crippen molar-refractivity contribution in [2.75, 3.05) is 0 Å². The SMILES string of the molecule is Cc1ccc(C2(c3ccc(C)cc3)c3ccccc3-c3cc4c(cc32)-c2cc3c(cc2C4(c2ccc(C)cc2)c2ccc(C)cc2)-c2ccccc2C3(c2ccc(C)cc2)c2ccc(C)cc2)cc1. The molecule has 0 saturated carbocycles. The lowest BCUT2D eigenvalue weighted by molar-refractivity contribution is 0.754. The van der Waals surface area contributed by atoms with Crippen LogP contribution >= 0.6 is 0 Å². The van der Waals surface area contributed by atoms with E-state index in [0.29, 0.717) is 0 Å². The van der Waals surface area contributed by atoms with Crippen LogP contribution in [0.2, 0.25) is 0 Å². The van der Waals surface area contributed by atoms with E-state index < -0.39 is 16.2 Å². The molecule has 0 nitrogen and oxygen atoms in total. The molecule has 3 aliphatic rings. The Morgan fingerprint density at radius 1 is 0.188 bits per heavy atom. The van der Waals surface area contributed by atoms with Crippen molar-refractivity contribution in [2.24, 2.45) is 0 Å². The van der Waals surface area contributed by atoms with Crippen LogP contribution in [0.1, 0.15) is 100 Å². The molecule has 0 N–H and O–H groups in total. The second-order valence-electron chi connectivity index (χ2n) is 20.4. The fourth-order valence-corrected chi connectivity index (χ4v) is 13.0. The summed E-state index contributed by atoms with van der Waals surface area (Å²) in [5.41, 5.74) is 29.3. The zero-order chi connectivity index (χ0) is 46.8. The summed E-state index contributed by atoms with van der Waals surface area (Å²) in [4.78, 5) is 0. The van der Waals surface area contributed by atoms with Gasteiger partial charge in [-0.25, -0.2) is 0 Å². The Bertz CT molecular complexity index is 3320. The Hall–Kier alpha value is -7.80. The maximum Gasteiger partial charge on any atom is 0.0714 e. The molecule has 0 atom stereocenters. The molecule has 0 amide bonds. The molecule has 3 aliphatic carbocycles. The van der Waals surface area contributed by atoms with Gasteiger partial charge in [-0.1, -0.05) is 228 Å². The number of hydrogen-bond acceptors (Lipinski definition) is 0.